The molecule has 1 aliphatic rings. The fourth-order valence-corrected chi connectivity index (χ4v) is 3.72. The molecule has 2 aromatic carbocycles. The number of anilines is 1. The molecule has 1 aliphatic heterocycles. The zero-order valence-electron chi connectivity index (χ0n) is 17.5. The highest BCUT2D eigenvalue weighted by atomic mass is 35.5. The second kappa shape index (κ2) is 8.80. The molecule has 2 amide bonds. The van der Waals surface area contributed by atoms with E-state index in [1.165, 1.54) is 11.1 Å². The number of nitrogens with two attached hydrogens (primary N) is 1. The summed E-state index contributed by atoms with van der Waals surface area (Å²) in [7, 11) is 0. The molecule has 0 saturated heterocycles. The molecule has 8 heteroatoms. The van der Waals surface area contributed by atoms with Crippen molar-refractivity contribution < 1.29 is 9.59 Å². The normalized spacial score (nSPS) is 18.2. The van der Waals surface area contributed by atoms with Crippen LogP contribution in [-0.2, 0) is 16.9 Å². The van der Waals surface area contributed by atoms with Gasteiger partial charge in [0.2, 0.25) is 5.91 Å². The third kappa shape index (κ3) is 4.63. The minimum Gasteiger partial charge on any atom is -0.369 e. The van der Waals surface area contributed by atoms with Gasteiger partial charge >= 0.3 is 0 Å². The second-order valence-corrected chi connectivity index (χ2v) is 8.22. The maximum absolute atomic E-state index is 12.9. The van der Waals surface area contributed by atoms with E-state index in [9.17, 15) is 9.59 Å². The summed E-state index contributed by atoms with van der Waals surface area (Å²) in [6.07, 6.45) is 1.58. The molecule has 0 radical (unpaired) electrons. The Balaban J connectivity index is 1.55. The number of benzene rings is 2. The van der Waals surface area contributed by atoms with Gasteiger partial charge in [0.05, 0.1) is 23.5 Å². The van der Waals surface area contributed by atoms with Crippen molar-refractivity contribution in [3.63, 3.8) is 0 Å². The number of nitrogens with one attached hydrogen (secondary N) is 1. The van der Waals surface area contributed by atoms with E-state index in [-0.39, 0.29) is 29.9 Å². The molecule has 7 nitrogen and oxygen atoms in total. The topological polar surface area (TPSA) is 101 Å². The molecule has 4 rings (SSSR count). The Morgan fingerprint density at radius 3 is 2.62 bits per heavy atom. The predicted molar refractivity (Wildman–Crippen MR) is 124 cm³/mol. The van der Waals surface area contributed by atoms with Crippen molar-refractivity contribution in [3.8, 4) is 0 Å². The Kier molecular flexibility index (Phi) is 5.92. The van der Waals surface area contributed by atoms with Crippen LogP contribution >= 0.6 is 11.6 Å². The molecule has 0 aliphatic carbocycles. The molecule has 162 valence electrons. The number of carbonyl (C=O) groups is 2. The van der Waals surface area contributed by atoms with E-state index in [1.54, 1.807) is 30.3 Å². The zero-order chi connectivity index (χ0) is 22.7. The van der Waals surface area contributed by atoms with E-state index >= 15 is 0 Å². The lowest BCUT2D eigenvalue weighted by Gasteiger charge is -2.35. The van der Waals surface area contributed by atoms with Gasteiger partial charge in [0.1, 0.15) is 5.69 Å². The fraction of sp³-hybridized carbons (Fsp3) is 0.167. The van der Waals surface area contributed by atoms with Gasteiger partial charge in [-0.2, -0.15) is 0 Å². The molecule has 2 heterocycles. The van der Waals surface area contributed by atoms with Crippen molar-refractivity contribution >= 4 is 35.1 Å². The van der Waals surface area contributed by atoms with Crippen molar-refractivity contribution in [1.29, 1.82) is 0 Å². The van der Waals surface area contributed by atoms with Crippen LogP contribution in [0.3, 0.4) is 0 Å². The molecule has 0 saturated carbocycles. The summed E-state index contributed by atoms with van der Waals surface area (Å²) in [5, 5.41) is 3.27. The molecule has 1 aromatic heterocycles. The largest absolute Gasteiger partial charge is 0.369 e. The van der Waals surface area contributed by atoms with Gasteiger partial charge in [0, 0.05) is 11.9 Å². The number of aromatic nitrogens is 1. The number of aliphatic imine (C=N–C) groups is 1. The quantitative estimate of drug-likeness (QED) is 0.618. The third-order valence-electron chi connectivity index (χ3n) is 5.32. The van der Waals surface area contributed by atoms with Crippen molar-refractivity contribution in [1.82, 2.24) is 9.88 Å². The van der Waals surface area contributed by atoms with Crippen LogP contribution in [0.2, 0.25) is 5.02 Å². The second-order valence-electron chi connectivity index (χ2n) is 7.78. The smallest absolute Gasteiger partial charge is 0.274 e. The molecular formula is C24H22ClN5O2. The summed E-state index contributed by atoms with van der Waals surface area (Å²) in [6, 6.07) is 20.0. The summed E-state index contributed by atoms with van der Waals surface area (Å²) in [5.41, 5.74) is 7.93. The van der Waals surface area contributed by atoms with Gasteiger partial charge in [-0.1, -0.05) is 54.1 Å². The Labute approximate surface area is 190 Å². The van der Waals surface area contributed by atoms with Gasteiger partial charge in [-0.25, -0.2) is 9.98 Å². The molecule has 3 N–H and O–H groups in total. The number of rotatable bonds is 5. The standard InChI is InChI=1S/C24H22ClN5O2/c1-24(13-21(31)30(23(26)29-24)15-16-6-3-2-4-7-16)17-8-5-9-19(12-17)28-22(32)20-11-10-18(25)14-27-20/h2-12,14H,13,15H2,1H3,(H2,26,29)(H,28,32). The number of nitrogens with zero attached hydrogens (tertiary/aromatic N) is 3. The lowest BCUT2D eigenvalue weighted by atomic mass is 9.87. The number of pyridine rings is 1. The van der Waals surface area contributed by atoms with Crippen molar-refractivity contribution in [3.05, 3.63) is 94.8 Å². The summed E-state index contributed by atoms with van der Waals surface area (Å²) in [6.45, 7) is 2.23. The van der Waals surface area contributed by atoms with Crippen LogP contribution in [0, 0.1) is 0 Å². The van der Waals surface area contributed by atoms with Crippen LogP contribution in [0.5, 0.6) is 0 Å². The number of amides is 2. The Morgan fingerprint density at radius 2 is 1.94 bits per heavy atom. The number of hydrogen-bond donors (Lipinski definition) is 2. The van der Waals surface area contributed by atoms with Gasteiger partial charge in [-0.05, 0) is 42.3 Å². The fourth-order valence-electron chi connectivity index (χ4n) is 3.61. The summed E-state index contributed by atoms with van der Waals surface area (Å²) >= 11 is 5.83. The van der Waals surface area contributed by atoms with Crippen LogP contribution in [0.4, 0.5) is 5.69 Å². The van der Waals surface area contributed by atoms with E-state index in [2.05, 4.69) is 15.3 Å². The molecule has 1 unspecified atom stereocenters. The first-order valence-corrected chi connectivity index (χ1v) is 10.4. The molecule has 32 heavy (non-hydrogen) atoms. The average Bonchev–Trinajstić information content (AvgIpc) is 2.78. The highest BCUT2D eigenvalue weighted by Gasteiger charge is 2.37. The third-order valence-corrected chi connectivity index (χ3v) is 5.54. The van der Waals surface area contributed by atoms with Crippen LogP contribution < -0.4 is 11.1 Å². The van der Waals surface area contributed by atoms with E-state index in [1.807, 2.05) is 43.3 Å². The molecule has 1 atom stereocenters. The number of halogens is 1. The SMILES string of the molecule is CC1(c2cccc(NC(=O)c3ccc(Cl)cn3)c2)CC(=O)N(Cc2ccccc2)C(N)=N1. The molecule has 3 aromatic rings. The highest BCUT2D eigenvalue weighted by Crippen LogP contribution is 2.34. The monoisotopic (exact) mass is 447 g/mol. The lowest BCUT2D eigenvalue weighted by Crippen LogP contribution is -2.49. The number of guanidine groups is 1. The van der Waals surface area contributed by atoms with E-state index in [0.29, 0.717) is 17.3 Å². The van der Waals surface area contributed by atoms with Crippen molar-refractivity contribution in [2.45, 2.75) is 25.4 Å². The summed E-state index contributed by atoms with van der Waals surface area (Å²) < 4.78 is 0. The maximum atomic E-state index is 12.9. The van der Waals surface area contributed by atoms with Crippen LogP contribution in [-0.4, -0.2) is 27.7 Å². The summed E-state index contributed by atoms with van der Waals surface area (Å²) in [4.78, 5) is 35.6. The van der Waals surface area contributed by atoms with Gasteiger partial charge in [0.15, 0.2) is 5.96 Å². The predicted octanol–water partition coefficient (Wildman–Crippen LogP) is 3.95. The first-order chi connectivity index (χ1) is 15.3. The molecular weight excluding hydrogens is 426 g/mol. The minimum atomic E-state index is -0.840. The van der Waals surface area contributed by atoms with E-state index in [4.69, 9.17) is 17.3 Å². The molecule has 0 spiro atoms. The first-order valence-electron chi connectivity index (χ1n) is 10.1. The van der Waals surface area contributed by atoms with Crippen molar-refractivity contribution in [2.75, 3.05) is 5.32 Å². The molecule has 0 bridgehead atoms. The van der Waals surface area contributed by atoms with Crippen LogP contribution in [0.1, 0.15) is 35.0 Å². The number of carbonyl (C=O) groups excluding carboxylic acids is 2. The maximum Gasteiger partial charge on any atom is 0.274 e. The van der Waals surface area contributed by atoms with E-state index in [0.717, 1.165) is 11.1 Å². The Bertz CT molecular complexity index is 1180. The van der Waals surface area contributed by atoms with Gasteiger partial charge in [-0.3, -0.25) is 14.5 Å². The first kappa shape index (κ1) is 21.5. The molecule has 0 fully saturated rings. The van der Waals surface area contributed by atoms with Gasteiger partial charge in [-0.15, -0.1) is 0 Å². The minimum absolute atomic E-state index is 0.108. The number of hydrogen-bond acceptors (Lipinski definition) is 5. The lowest BCUT2D eigenvalue weighted by molar-refractivity contribution is -0.130. The average molecular weight is 448 g/mol. The van der Waals surface area contributed by atoms with Crippen LogP contribution in [0.25, 0.3) is 0 Å². The van der Waals surface area contributed by atoms with Gasteiger partial charge < -0.3 is 11.1 Å². The highest BCUT2D eigenvalue weighted by molar-refractivity contribution is 6.30. The van der Waals surface area contributed by atoms with E-state index < -0.39 is 5.54 Å². The zero-order valence-corrected chi connectivity index (χ0v) is 18.2. The van der Waals surface area contributed by atoms with Gasteiger partial charge in [0.25, 0.3) is 5.91 Å². The Morgan fingerprint density at radius 1 is 1.16 bits per heavy atom. The van der Waals surface area contributed by atoms with Crippen molar-refractivity contribution in [2.24, 2.45) is 10.7 Å². The van der Waals surface area contributed by atoms with Crippen LogP contribution in [0.15, 0.2) is 77.9 Å². The summed E-state index contributed by atoms with van der Waals surface area (Å²) in [5.74, 6) is -0.295. The Hall–Kier alpha value is -3.71.